The van der Waals surface area contributed by atoms with Crippen LogP contribution in [-0.4, -0.2) is 42.0 Å². The molecular formula is C13H10F7N3O4. The average molecular weight is 405 g/mol. The van der Waals surface area contributed by atoms with Crippen LogP contribution in [-0.2, 0) is 11.0 Å². The molecule has 1 rings (SSSR count). The second-order valence-corrected chi connectivity index (χ2v) is 5.02. The van der Waals surface area contributed by atoms with Gasteiger partial charge in [-0.1, -0.05) is 0 Å². The van der Waals surface area contributed by atoms with Crippen LogP contribution in [0, 0.1) is 15.9 Å². The molecule has 2 N–H and O–H groups in total. The van der Waals surface area contributed by atoms with Crippen molar-refractivity contribution >= 4 is 11.8 Å². The average Bonchev–Trinajstić information content (AvgIpc) is 2.50. The zero-order chi connectivity index (χ0) is 21.2. The van der Waals surface area contributed by atoms with Gasteiger partial charge in [-0.25, -0.2) is 4.39 Å². The summed E-state index contributed by atoms with van der Waals surface area (Å²) in [6.07, 6.45) is -10.9. The van der Waals surface area contributed by atoms with E-state index in [2.05, 4.69) is 0 Å². The van der Waals surface area contributed by atoms with Gasteiger partial charge in [-0.3, -0.25) is 19.7 Å². The van der Waals surface area contributed by atoms with E-state index in [1.165, 1.54) is 5.32 Å². The number of benzene rings is 1. The molecule has 0 saturated heterocycles. The number of likely N-dealkylation sites (N-methyl/N-ethyl adjacent to an activating group) is 1. The lowest BCUT2D eigenvalue weighted by Crippen LogP contribution is -2.60. The van der Waals surface area contributed by atoms with E-state index in [1.54, 1.807) is 5.32 Å². The van der Waals surface area contributed by atoms with Crippen molar-refractivity contribution in [2.45, 2.75) is 24.4 Å². The molecule has 0 aliphatic heterocycles. The van der Waals surface area contributed by atoms with Crippen LogP contribution < -0.4 is 10.6 Å². The second-order valence-electron chi connectivity index (χ2n) is 5.02. The van der Waals surface area contributed by atoms with Gasteiger partial charge in [0.1, 0.15) is 5.82 Å². The Hall–Kier alpha value is -2.93. The number of halogens is 7. The van der Waals surface area contributed by atoms with Crippen LogP contribution in [0.2, 0.25) is 0 Å². The monoisotopic (exact) mass is 405 g/mol. The van der Waals surface area contributed by atoms with Gasteiger partial charge in [0, 0.05) is 12.0 Å². The summed E-state index contributed by atoms with van der Waals surface area (Å²) in [6.45, 7) is 0. The molecule has 0 fully saturated rings. The van der Waals surface area contributed by atoms with Crippen LogP contribution in [0.4, 0.5) is 30.7 Å². The molecule has 0 aromatic heterocycles. The van der Waals surface area contributed by atoms with Gasteiger partial charge in [0.05, 0.1) is 11.1 Å². The minimum Gasteiger partial charge on any atom is -0.357 e. The van der Waals surface area contributed by atoms with E-state index in [0.717, 1.165) is 7.05 Å². The molecule has 1 aromatic carbocycles. The van der Waals surface area contributed by atoms with Gasteiger partial charge < -0.3 is 10.6 Å². The number of nitro groups is 1. The smallest absolute Gasteiger partial charge is 0.357 e. The summed E-state index contributed by atoms with van der Waals surface area (Å²) >= 11 is 0. The second kappa shape index (κ2) is 7.75. The molecule has 14 heteroatoms. The SMILES string of the molecule is CNC(=O)C(NC(=O)c1ccc(F)cc1C(F)(F)F)C([N+](=O)[O-])C(F)(F)F. The van der Waals surface area contributed by atoms with Crippen molar-refractivity contribution in [1.29, 1.82) is 0 Å². The van der Waals surface area contributed by atoms with E-state index in [-0.39, 0.29) is 6.07 Å². The third-order valence-corrected chi connectivity index (χ3v) is 3.23. The van der Waals surface area contributed by atoms with Gasteiger partial charge in [0.25, 0.3) is 5.91 Å². The Kier molecular flexibility index (Phi) is 6.35. The van der Waals surface area contributed by atoms with E-state index in [1.807, 2.05) is 0 Å². The molecule has 0 aliphatic rings. The van der Waals surface area contributed by atoms with Gasteiger partial charge in [-0.2, -0.15) is 26.3 Å². The molecule has 0 bridgehead atoms. The van der Waals surface area contributed by atoms with E-state index in [9.17, 15) is 50.4 Å². The van der Waals surface area contributed by atoms with Gasteiger partial charge in [-0.05, 0) is 18.2 Å². The van der Waals surface area contributed by atoms with Crippen molar-refractivity contribution in [1.82, 2.24) is 10.6 Å². The van der Waals surface area contributed by atoms with Gasteiger partial charge in [-0.15, -0.1) is 0 Å². The fourth-order valence-corrected chi connectivity index (χ4v) is 2.04. The molecule has 0 saturated carbocycles. The van der Waals surface area contributed by atoms with E-state index < -0.39 is 58.1 Å². The summed E-state index contributed by atoms with van der Waals surface area (Å²) in [5.74, 6) is -4.94. The van der Waals surface area contributed by atoms with Crippen molar-refractivity contribution in [3.05, 3.63) is 45.3 Å². The van der Waals surface area contributed by atoms with Crippen LogP contribution in [0.3, 0.4) is 0 Å². The van der Waals surface area contributed by atoms with Crippen molar-refractivity contribution in [3.8, 4) is 0 Å². The quantitative estimate of drug-likeness (QED) is 0.444. The lowest BCUT2D eigenvalue weighted by atomic mass is 10.0. The van der Waals surface area contributed by atoms with Crippen LogP contribution in [0.25, 0.3) is 0 Å². The normalized spacial score (nSPS) is 14.2. The number of nitrogens with zero attached hydrogens (tertiary/aromatic N) is 1. The van der Waals surface area contributed by atoms with Crippen LogP contribution in [0.15, 0.2) is 18.2 Å². The molecule has 7 nitrogen and oxygen atoms in total. The molecule has 0 radical (unpaired) electrons. The maximum Gasteiger partial charge on any atom is 0.460 e. The molecule has 0 spiro atoms. The van der Waals surface area contributed by atoms with E-state index >= 15 is 0 Å². The van der Waals surface area contributed by atoms with Crippen LogP contribution in [0.1, 0.15) is 15.9 Å². The van der Waals surface area contributed by atoms with Crippen molar-refractivity contribution in [2.75, 3.05) is 7.05 Å². The number of alkyl halides is 6. The Morgan fingerprint density at radius 3 is 2.11 bits per heavy atom. The zero-order valence-electron chi connectivity index (χ0n) is 13.1. The van der Waals surface area contributed by atoms with Crippen LogP contribution in [0.5, 0.6) is 0 Å². The lowest BCUT2D eigenvalue weighted by molar-refractivity contribution is -0.564. The fraction of sp³-hybridized carbons (Fsp3) is 0.385. The van der Waals surface area contributed by atoms with Gasteiger partial charge in [0.2, 0.25) is 5.91 Å². The van der Waals surface area contributed by atoms with Crippen molar-refractivity contribution in [2.24, 2.45) is 0 Å². The standard InChI is InChI=1S/C13H10F7N3O4/c1-21-11(25)8(9(23(26)27)13(18,19)20)22-10(24)6-3-2-5(14)4-7(6)12(15,16)17/h2-4,8-9H,1H3,(H,21,25)(H,22,24). The maximum absolute atomic E-state index is 13.0. The van der Waals surface area contributed by atoms with Gasteiger partial charge in [0.15, 0.2) is 6.04 Å². The molecule has 2 unspecified atom stereocenters. The zero-order valence-corrected chi connectivity index (χ0v) is 13.1. The highest BCUT2D eigenvalue weighted by Gasteiger charge is 2.57. The van der Waals surface area contributed by atoms with E-state index in [4.69, 9.17) is 0 Å². The van der Waals surface area contributed by atoms with Crippen molar-refractivity contribution < 1.29 is 45.2 Å². The highest BCUT2D eigenvalue weighted by Crippen LogP contribution is 2.33. The third kappa shape index (κ3) is 5.27. The Morgan fingerprint density at radius 1 is 1.15 bits per heavy atom. The number of carbonyl (C=O) groups is 2. The largest absolute Gasteiger partial charge is 0.460 e. The van der Waals surface area contributed by atoms with Crippen LogP contribution >= 0.6 is 0 Å². The third-order valence-electron chi connectivity index (χ3n) is 3.23. The highest BCUT2D eigenvalue weighted by atomic mass is 19.4. The lowest BCUT2D eigenvalue weighted by Gasteiger charge is -2.23. The molecule has 27 heavy (non-hydrogen) atoms. The minimum absolute atomic E-state index is 0.0848. The summed E-state index contributed by atoms with van der Waals surface area (Å²) in [5.41, 5.74) is -3.15. The molecule has 2 amide bonds. The Balaban J connectivity index is 3.38. The first-order valence-corrected chi connectivity index (χ1v) is 6.79. The summed E-state index contributed by atoms with van der Waals surface area (Å²) in [4.78, 5) is 32.4. The van der Waals surface area contributed by atoms with Crippen molar-refractivity contribution in [3.63, 3.8) is 0 Å². The number of amides is 2. The molecule has 1 aromatic rings. The first-order chi connectivity index (χ1) is 12.2. The number of hydrogen-bond acceptors (Lipinski definition) is 4. The number of nitrogens with one attached hydrogen (secondary N) is 2. The number of rotatable bonds is 5. The molecular weight excluding hydrogens is 395 g/mol. The predicted molar refractivity (Wildman–Crippen MR) is 73.6 cm³/mol. The Labute approximate surface area is 145 Å². The summed E-state index contributed by atoms with van der Waals surface area (Å²) < 4.78 is 90.4. The predicted octanol–water partition coefficient (Wildman–Crippen LogP) is 1.90. The Bertz CT molecular complexity index is 748. The fourth-order valence-electron chi connectivity index (χ4n) is 2.04. The van der Waals surface area contributed by atoms with E-state index in [0.29, 0.717) is 12.1 Å². The summed E-state index contributed by atoms with van der Waals surface area (Å²) in [6, 6.07) is -5.84. The summed E-state index contributed by atoms with van der Waals surface area (Å²) in [7, 11) is 0.800. The highest BCUT2D eigenvalue weighted by molar-refractivity contribution is 5.99. The minimum atomic E-state index is -5.61. The number of carbonyl (C=O) groups excluding carboxylic acids is 2. The first-order valence-electron chi connectivity index (χ1n) is 6.79. The van der Waals surface area contributed by atoms with Gasteiger partial charge >= 0.3 is 18.4 Å². The molecule has 150 valence electrons. The summed E-state index contributed by atoms with van der Waals surface area (Å²) in [5, 5.41) is 13.6. The molecule has 0 aliphatic carbocycles. The Morgan fingerprint density at radius 2 is 1.70 bits per heavy atom. The molecule has 2 atom stereocenters. The topological polar surface area (TPSA) is 101 Å². The first kappa shape index (κ1) is 22.1. The molecule has 0 heterocycles. The maximum atomic E-state index is 13.0. The number of hydrogen-bond donors (Lipinski definition) is 2.